The van der Waals surface area contributed by atoms with Crippen molar-refractivity contribution in [3.8, 4) is 6.07 Å². The van der Waals surface area contributed by atoms with E-state index in [1.165, 1.54) is 6.07 Å². The molecule has 0 spiro atoms. The number of nitrogens with one attached hydrogen (secondary N) is 1. The van der Waals surface area contributed by atoms with Gasteiger partial charge in [-0.25, -0.2) is 4.39 Å². The second kappa shape index (κ2) is 5.96. The van der Waals surface area contributed by atoms with Crippen molar-refractivity contribution in [2.24, 2.45) is 7.05 Å². The second-order valence-corrected chi connectivity index (χ2v) is 5.09. The van der Waals surface area contributed by atoms with Gasteiger partial charge in [0.1, 0.15) is 17.4 Å². The first kappa shape index (κ1) is 15.0. The molecule has 110 valence electrons. The molecule has 1 N–H and O–H groups in total. The van der Waals surface area contributed by atoms with Crippen LogP contribution in [0.25, 0.3) is 0 Å². The van der Waals surface area contributed by atoms with Gasteiger partial charge in [-0.3, -0.25) is 4.68 Å². The third-order valence-corrected chi connectivity index (χ3v) is 3.78. The molecule has 1 aromatic carbocycles. The van der Waals surface area contributed by atoms with E-state index >= 15 is 0 Å². The van der Waals surface area contributed by atoms with Gasteiger partial charge in [0.15, 0.2) is 0 Å². The number of hydrogen-bond acceptors (Lipinski definition) is 3. The molecule has 1 heterocycles. The molecule has 1 aromatic heterocycles. The first-order valence-corrected chi connectivity index (χ1v) is 6.94. The van der Waals surface area contributed by atoms with Gasteiger partial charge < -0.3 is 5.32 Å². The average Bonchev–Trinajstić information content (AvgIpc) is 2.70. The zero-order chi connectivity index (χ0) is 15.6. The molecule has 0 fully saturated rings. The van der Waals surface area contributed by atoms with Gasteiger partial charge in [-0.15, -0.1) is 0 Å². The van der Waals surface area contributed by atoms with Crippen molar-refractivity contribution in [2.75, 3.05) is 5.32 Å². The number of halogens is 1. The third-order valence-electron chi connectivity index (χ3n) is 3.78. The summed E-state index contributed by atoms with van der Waals surface area (Å²) < 4.78 is 15.5. The van der Waals surface area contributed by atoms with E-state index in [0.717, 1.165) is 23.4 Å². The first-order chi connectivity index (χ1) is 9.99. The molecular weight excluding hydrogens is 267 g/mol. The Labute approximate surface area is 124 Å². The summed E-state index contributed by atoms with van der Waals surface area (Å²) >= 11 is 0. The summed E-state index contributed by atoms with van der Waals surface area (Å²) in [5.74, 6) is -0.503. The maximum absolute atomic E-state index is 13.7. The van der Waals surface area contributed by atoms with E-state index in [2.05, 4.69) is 17.3 Å². The minimum Gasteiger partial charge on any atom is -0.377 e. The molecule has 0 saturated carbocycles. The number of rotatable bonds is 4. The maximum Gasteiger partial charge on any atom is 0.143 e. The zero-order valence-electron chi connectivity index (χ0n) is 12.7. The summed E-state index contributed by atoms with van der Waals surface area (Å²) in [6.07, 6.45) is 0.814. The van der Waals surface area contributed by atoms with Crippen LogP contribution in [-0.2, 0) is 7.05 Å². The van der Waals surface area contributed by atoms with E-state index in [4.69, 9.17) is 5.26 Å². The normalized spacial score (nSPS) is 12.0. The largest absolute Gasteiger partial charge is 0.377 e. The molecule has 21 heavy (non-hydrogen) atoms. The van der Waals surface area contributed by atoms with Crippen LogP contribution >= 0.6 is 0 Å². The van der Waals surface area contributed by atoms with E-state index < -0.39 is 5.82 Å². The van der Waals surface area contributed by atoms with Gasteiger partial charge in [-0.1, -0.05) is 13.0 Å². The summed E-state index contributed by atoms with van der Waals surface area (Å²) in [6, 6.07) is 6.54. The van der Waals surface area contributed by atoms with Crippen LogP contribution in [0.15, 0.2) is 18.2 Å². The standard InChI is InChI=1S/C16H19FN4/c1-5-14(16-10(2)20-21(4)11(16)3)19-15-8-6-7-13(17)12(15)9-18/h6-8,14,19H,5H2,1-4H3. The molecular formula is C16H19FN4. The smallest absolute Gasteiger partial charge is 0.143 e. The molecule has 2 rings (SSSR count). The summed E-state index contributed by atoms with van der Waals surface area (Å²) in [5, 5.41) is 16.8. The van der Waals surface area contributed by atoms with Crippen molar-refractivity contribution >= 4 is 5.69 Å². The third kappa shape index (κ3) is 2.75. The molecule has 0 aliphatic carbocycles. The average molecular weight is 286 g/mol. The lowest BCUT2D eigenvalue weighted by atomic mass is 10.0. The fourth-order valence-corrected chi connectivity index (χ4v) is 2.62. The van der Waals surface area contributed by atoms with Crippen LogP contribution in [0.3, 0.4) is 0 Å². The number of benzene rings is 1. The molecule has 1 atom stereocenters. The number of hydrogen-bond donors (Lipinski definition) is 1. The molecule has 4 nitrogen and oxygen atoms in total. The van der Waals surface area contributed by atoms with Crippen molar-refractivity contribution in [3.05, 3.63) is 46.5 Å². The number of aromatic nitrogens is 2. The van der Waals surface area contributed by atoms with Gasteiger partial charge in [-0.05, 0) is 32.4 Å². The molecule has 0 bridgehead atoms. The Bertz CT molecular complexity index is 697. The number of nitriles is 1. The van der Waals surface area contributed by atoms with Gasteiger partial charge in [0.2, 0.25) is 0 Å². The summed E-state index contributed by atoms with van der Waals surface area (Å²) in [4.78, 5) is 0. The molecule has 1 unspecified atom stereocenters. The molecule has 0 radical (unpaired) electrons. The van der Waals surface area contributed by atoms with Crippen LogP contribution in [-0.4, -0.2) is 9.78 Å². The Hall–Kier alpha value is -2.35. The van der Waals surface area contributed by atoms with Gasteiger partial charge in [0, 0.05) is 18.3 Å². The molecule has 2 aromatic rings. The number of anilines is 1. The quantitative estimate of drug-likeness (QED) is 0.934. The van der Waals surface area contributed by atoms with Crippen LogP contribution in [0.1, 0.15) is 41.9 Å². The van der Waals surface area contributed by atoms with Gasteiger partial charge in [-0.2, -0.15) is 10.4 Å². The van der Waals surface area contributed by atoms with E-state index in [-0.39, 0.29) is 11.6 Å². The monoisotopic (exact) mass is 286 g/mol. The SMILES string of the molecule is CCC(Nc1cccc(F)c1C#N)c1c(C)nn(C)c1C. The fourth-order valence-electron chi connectivity index (χ4n) is 2.62. The highest BCUT2D eigenvalue weighted by molar-refractivity contribution is 5.59. The molecule has 0 saturated heterocycles. The minimum absolute atomic E-state index is 0.00685. The van der Waals surface area contributed by atoms with Crippen LogP contribution in [0.5, 0.6) is 0 Å². The molecule has 0 aliphatic rings. The van der Waals surface area contributed by atoms with Crippen molar-refractivity contribution in [1.82, 2.24) is 9.78 Å². The van der Waals surface area contributed by atoms with E-state index in [9.17, 15) is 4.39 Å². The van der Waals surface area contributed by atoms with Gasteiger partial charge in [0.25, 0.3) is 0 Å². The number of aryl methyl sites for hydroxylation is 2. The maximum atomic E-state index is 13.7. The predicted octanol–water partition coefficient (Wildman–Crippen LogP) is 3.61. The molecule has 5 heteroatoms. The van der Waals surface area contributed by atoms with Crippen LogP contribution < -0.4 is 5.32 Å². The Balaban J connectivity index is 2.41. The fraction of sp³-hybridized carbons (Fsp3) is 0.375. The lowest BCUT2D eigenvalue weighted by molar-refractivity contribution is 0.623. The van der Waals surface area contributed by atoms with Crippen molar-refractivity contribution in [1.29, 1.82) is 5.26 Å². The van der Waals surface area contributed by atoms with E-state index in [0.29, 0.717) is 5.69 Å². The molecule has 0 aliphatic heterocycles. The highest BCUT2D eigenvalue weighted by Gasteiger charge is 2.20. The topological polar surface area (TPSA) is 53.6 Å². The van der Waals surface area contributed by atoms with Gasteiger partial charge >= 0.3 is 0 Å². The predicted molar refractivity (Wildman–Crippen MR) is 80.5 cm³/mol. The lowest BCUT2D eigenvalue weighted by Crippen LogP contribution is -2.13. The highest BCUT2D eigenvalue weighted by Crippen LogP contribution is 2.29. The lowest BCUT2D eigenvalue weighted by Gasteiger charge is -2.20. The van der Waals surface area contributed by atoms with Crippen molar-refractivity contribution in [3.63, 3.8) is 0 Å². The highest BCUT2D eigenvalue weighted by atomic mass is 19.1. The Morgan fingerprint density at radius 1 is 1.43 bits per heavy atom. The molecule has 0 amide bonds. The Morgan fingerprint density at radius 2 is 2.14 bits per heavy atom. The minimum atomic E-state index is -0.503. The van der Waals surface area contributed by atoms with Crippen molar-refractivity contribution < 1.29 is 4.39 Å². The van der Waals surface area contributed by atoms with E-state index in [1.54, 1.807) is 12.1 Å². The van der Waals surface area contributed by atoms with E-state index in [1.807, 2.05) is 31.6 Å². The summed E-state index contributed by atoms with van der Waals surface area (Å²) in [7, 11) is 1.90. The first-order valence-electron chi connectivity index (χ1n) is 6.94. The summed E-state index contributed by atoms with van der Waals surface area (Å²) in [5.41, 5.74) is 3.70. The van der Waals surface area contributed by atoms with Crippen LogP contribution in [0.4, 0.5) is 10.1 Å². The van der Waals surface area contributed by atoms with Crippen molar-refractivity contribution in [2.45, 2.75) is 33.2 Å². The number of nitrogens with zero attached hydrogens (tertiary/aromatic N) is 3. The van der Waals surface area contributed by atoms with Crippen LogP contribution in [0.2, 0.25) is 0 Å². The Kier molecular flexibility index (Phi) is 4.27. The Morgan fingerprint density at radius 3 is 2.67 bits per heavy atom. The van der Waals surface area contributed by atoms with Crippen LogP contribution in [0, 0.1) is 31.0 Å². The second-order valence-electron chi connectivity index (χ2n) is 5.09. The summed E-state index contributed by atoms with van der Waals surface area (Å²) in [6.45, 7) is 6.02. The van der Waals surface area contributed by atoms with Gasteiger partial charge in [0.05, 0.1) is 17.4 Å². The zero-order valence-corrected chi connectivity index (χ0v) is 12.7.